The lowest BCUT2D eigenvalue weighted by atomic mass is 10.1. The first-order valence-electron chi connectivity index (χ1n) is 15.1. The van der Waals surface area contributed by atoms with Crippen molar-refractivity contribution in [2.24, 2.45) is 12.0 Å². The minimum Gasteiger partial charge on any atom is -0.374 e. The summed E-state index contributed by atoms with van der Waals surface area (Å²) in [6, 6.07) is 17.3. The highest BCUT2D eigenvalue weighted by Gasteiger charge is 2.27. The van der Waals surface area contributed by atoms with E-state index in [9.17, 15) is 9.59 Å². The Morgan fingerprint density at radius 2 is 1.89 bits per heavy atom. The molecule has 1 aromatic heterocycles. The third-order valence-electron chi connectivity index (χ3n) is 7.36. The van der Waals surface area contributed by atoms with Gasteiger partial charge in [-0.3, -0.25) is 24.1 Å². The van der Waals surface area contributed by atoms with Gasteiger partial charge in [0.05, 0.1) is 5.69 Å². The molecule has 1 atom stereocenters. The van der Waals surface area contributed by atoms with Crippen LogP contribution in [0, 0.1) is 0 Å². The second-order valence-electron chi connectivity index (χ2n) is 10.7. The molecule has 0 radical (unpaired) electrons. The molecule has 12 heteroatoms. The molecule has 238 valence electrons. The SMILES string of the molecule is CCCN(CC)C/C=C/C(=O)Nc1cccc(N(C=O)C2N=C(Nc3cn(C)nc3Cl)NC=C2CCN(C)c2ccccc2)c1. The fraction of sp³-hybridized carbons (Fsp3) is 0.333. The summed E-state index contributed by atoms with van der Waals surface area (Å²) in [5.41, 5.74) is 3.73. The highest BCUT2D eigenvalue weighted by Crippen LogP contribution is 2.28. The van der Waals surface area contributed by atoms with Crippen molar-refractivity contribution in [2.45, 2.75) is 32.9 Å². The molecule has 0 saturated heterocycles. The maximum absolute atomic E-state index is 12.7. The number of amides is 2. The Balaban J connectivity index is 1.54. The molecular formula is C33H42ClN9O2. The van der Waals surface area contributed by atoms with Crippen LogP contribution in [0.25, 0.3) is 0 Å². The van der Waals surface area contributed by atoms with Crippen LogP contribution in [0.4, 0.5) is 22.7 Å². The number of guanidine groups is 1. The van der Waals surface area contributed by atoms with Crippen LogP contribution in [0.3, 0.4) is 0 Å². The highest BCUT2D eigenvalue weighted by molar-refractivity contribution is 6.32. The summed E-state index contributed by atoms with van der Waals surface area (Å²) in [5.74, 6) is 0.183. The molecule has 4 rings (SSSR count). The smallest absolute Gasteiger partial charge is 0.248 e. The third-order valence-corrected chi connectivity index (χ3v) is 7.63. The number of anilines is 4. The number of benzene rings is 2. The molecule has 2 amide bonds. The standard InChI is InChI=1S/C33H42ClN9O2/c1-5-18-42(6-2)19-11-16-30(45)36-26-12-10-15-28(21-26)43(24-44)32-25(17-20-40(3)27-13-8-7-9-14-27)22-35-33(38-32)37-29-23-41(4)39-31(29)34/h7-16,21-24,32H,5-6,17-20H2,1-4H3,(H,36,45)(H2,35,37,38)/b16-11+. The van der Waals surface area contributed by atoms with E-state index in [1.54, 1.807) is 47.1 Å². The van der Waals surface area contributed by atoms with Gasteiger partial charge in [0.2, 0.25) is 18.3 Å². The Morgan fingerprint density at radius 1 is 1.11 bits per heavy atom. The molecule has 1 aliphatic heterocycles. The molecular weight excluding hydrogens is 590 g/mol. The van der Waals surface area contributed by atoms with E-state index in [4.69, 9.17) is 16.6 Å². The van der Waals surface area contributed by atoms with Gasteiger partial charge in [-0.15, -0.1) is 0 Å². The third kappa shape index (κ3) is 9.44. The number of halogens is 1. The molecule has 0 spiro atoms. The number of nitrogens with one attached hydrogen (secondary N) is 3. The zero-order valence-corrected chi connectivity index (χ0v) is 27.0. The average Bonchev–Trinajstić information content (AvgIpc) is 3.36. The number of carbonyl (C=O) groups is 2. The van der Waals surface area contributed by atoms with E-state index in [-0.39, 0.29) is 5.91 Å². The van der Waals surface area contributed by atoms with Gasteiger partial charge in [-0.05, 0) is 61.8 Å². The van der Waals surface area contributed by atoms with Crippen LogP contribution in [0.1, 0.15) is 26.7 Å². The van der Waals surface area contributed by atoms with E-state index in [2.05, 4.69) is 56.8 Å². The molecule has 2 aromatic carbocycles. The number of rotatable bonds is 15. The van der Waals surface area contributed by atoms with Crippen LogP contribution in [0.2, 0.25) is 5.15 Å². The lowest BCUT2D eigenvalue weighted by Crippen LogP contribution is -2.42. The van der Waals surface area contributed by atoms with Crippen molar-refractivity contribution >= 4 is 52.6 Å². The second kappa shape index (κ2) is 16.5. The first-order chi connectivity index (χ1) is 21.8. The Labute approximate surface area is 270 Å². The van der Waals surface area contributed by atoms with Crippen molar-refractivity contribution in [3.63, 3.8) is 0 Å². The van der Waals surface area contributed by atoms with Gasteiger partial charge in [0, 0.05) is 62.7 Å². The van der Waals surface area contributed by atoms with Gasteiger partial charge in [0.15, 0.2) is 11.3 Å². The van der Waals surface area contributed by atoms with Gasteiger partial charge in [-0.2, -0.15) is 5.10 Å². The molecule has 3 N–H and O–H groups in total. The Hall–Kier alpha value is -4.61. The minimum absolute atomic E-state index is 0.235. The van der Waals surface area contributed by atoms with Gasteiger partial charge >= 0.3 is 0 Å². The van der Waals surface area contributed by atoms with Gasteiger partial charge < -0.3 is 20.9 Å². The number of carbonyl (C=O) groups excluding carboxylic acids is 2. The average molecular weight is 632 g/mol. The minimum atomic E-state index is -0.657. The van der Waals surface area contributed by atoms with E-state index in [0.29, 0.717) is 47.7 Å². The number of likely N-dealkylation sites (N-methyl/N-ethyl adjacent to an activating group) is 1. The monoisotopic (exact) mass is 631 g/mol. The second-order valence-corrected chi connectivity index (χ2v) is 11.1. The lowest BCUT2D eigenvalue weighted by molar-refractivity contribution is -0.112. The molecule has 45 heavy (non-hydrogen) atoms. The van der Waals surface area contributed by atoms with Gasteiger partial charge in [-0.25, -0.2) is 4.99 Å². The van der Waals surface area contributed by atoms with E-state index in [1.807, 2.05) is 43.6 Å². The van der Waals surface area contributed by atoms with Gasteiger partial charge in [0.25, 0.3) is 0 Å². The van der Waals surface area contributed by atoms with E-state index >= 15 is 0 Å². The predicted octanol–water partition coefficient (Wildman–Crippen LogP) is 5.07. The molecule has 3 aromatic rings. The maximum Gasteiger partial charge on any atom is 0.248 e. The summed E-state index contributed by atoms with van der Waals surface area (Å²) in [7, 11) is 3.81. The van der Waals surface area contributed by atoms with Crippen LogP contribution in [-0.4, -0.2) is 72.3 Å². The van der Waals surface area contributed by atoms with Crippen LogP contribution >= 0.6 is 11.6 Å². The summed E-state index contributed by atoms with van der Waals surface area (Å²) in [5, 5.41) is 13.8. The Morgan fingerprint density at radius 3 is 2.58 bits per heavy atom. The number of nitrogens with zero attached hydrogens (tertiary/aromatic N) is 6. The van der Waals surface area contributed by atoms with Crippen LogP contribution in [0.5, 0.6) is 0 Å². The van der Waals surface area contributed by atoms with Crippen LogP contribution in [-0.2, 0) is 16.6 Å². The van der Waals surface area contributed by atoms with E-state index in [1.165, 1.54) is 0 Å². The molecule has 2 heterocycles. The van der Waals surface area contributed by atoms with E-state index in [0.717, 1.165) is 37.2 Å². The lowest BCUT2D eigenvalue weighted by Gasteiger charge is -2.32. The summed E-state index contributed by atoms with van der Waals surface area (Å²) in [4.78, 5) is 36.2. The maximum atomic E-state index is 12.7. The predicted molar refractivity (Wildman–Crippen MR) is 184 cm³/mol. The normalized spacial score (nSPS) is 14.5. The first kappa shape index (κ1) is 33.3. The highest BCUT2D eigenvalue weighted by atomic mass is 35.5. The van der Waals surface area contributed by atoms with Crippen molar-refractivity contribution in [3.05, 3.63) is 89.9 Å². The van der Waals surface area contributed by atoms with Crippen molar-refractivity contribution in [2.75, 3.05) is 53.7 Å². The number of aliphatic imine (C=N–C) groups is 1. The fourth-order valence-electron chi connectivity index (χ4n) is 4.96. The summed E-state index contributed by atoms with van der Waals surface area (Å²) in [6.45, 7) is 7.56. The van der Waals surface area contributed by atoms with Crippen molar-refractivity contribution < 1.29 is 9.59 Å². The van der Waals surface area contributed by atoms with Crippen molar-refractivity contribution in [1.82, 2.24) is 20.0 Å². The summed E-state index contributed by atoms with van der Waals surface area (Å²) < 4.78 is 1.60. The van der Waals surface area contributed by atoms with E-state index < -0.39 is 6.17 Å². The quantitative estimate of drug-likeness (QED) is 0.159. The van der Waals surface area contributed by atoms with Crippen LogP contribution < -0.4 is 25.8 Å². The number of para-hydroxylation sites is 1. The Bertz CT molecular complexity index is 1520. The number of hydrogen-bond donors (Lipinski definition) is 3. The zero-order valence-electron chi connectivity index (χ0n) is 26.3. The van der Waals surface area contributed by atoms with Crippen molar-refractivity contribution in [1.29, 1.82) is 0 Å². The molecule has 0 saturated carbocycles. The van der Waals surface area contributed by atoms with Crippen LogP contribution in [0.15, 0.2) is 89.7 Å². The largest absolute Gasteiger partial charge is 0.374 e. The number of aryl methyl sites for hydroxylation is 1. The Kier molecular flexibility index (Phi) is 12.2. The fourth-order valence-corrected chi connectivity index (χ4v) is 5.18. The van der Waals surface area contributed by atoms with Gasteiger partial charge in [0.1, 0.15) is 0 Å². The summed E-state index contributed by atoms with van der Waals surface area (Å²) in [6.07, 6.45) is 8.83. The molecule has 0 bridgehead atoms. The van der Waals surface area contributed by atoms with Crippen molar-refractivity contribution in [3.8, 4) is 0 Å². The molecule has 0 aliphatic carbocycles. The number of hydrogen-bond acceptors (Lipinski definition) is 8. The topological polar surface area (TPSA) is 110 Å². The molecule has 0 fully saturated rings. The number of aromatic nitrogens is 2. The van der Waals surface area contributed by atoms with Gasteiger partial charge in [-0.1, -0.05) is 55.8 Å². The molecule has 1 aliphatic rings. The first-order valence-corrected chi connectivity index (χ1v) is 15.5. The summed E-state index contributed by atoms with van der Waals surface area (Å²) >= 11 is 6.28. The molecule has 11 nitrogen and oxygen atoms in total. The zero-order chi connectivity index (χ0) is 32.2. The molecule has 1 unspecified atom stereocenters.